The number of likely N-dealkylation sites (N-methyl/N-ethyl adjacent to an activating group) is 1. The van der Waals surface area contributed by atoms with Gasteiger partial charge >= 0.3 is 0 Å². The van der Waals surface area contributed by atoms with E-state index in [9.17, 15) is 21.9 Å². The van der Waals surface area contributed by atoms with Crippen molar-refractivity contribution in [1.82, 2.24) is 25.5 Å². The first-order valence-electron chi connectivity index (χ1n) is 9.07. The highest BCUT2D eigenvalue weighted by molar-refractivity contribution is 7.93. The molecule has 0 bridgehead atoms. The van der Waals surface area contributed by atoms with Crippen molar-refractivity contribution in [3.05, 3.63) is 12.1 Å². The Morgan fingerprint density at radius 1 is 1.23 bits per heavy atom. The number of H-pyrrole nitrogens is 1. The Morgan fingerprint density at radius 2 is 1.87 bits per heavy atom. The molecule has 14 heteroatoms. The van der Waals surface area contributed by atoms with Gasteiger partial charge in [-0.25, -0.2) is 22.0 Å². The highest BCUT2D eigenvalue weighted by Crippen LogP contribution is 2.39. The fourth-order valence-electron chi connectivity index (χ4n) is 3.79. The van der Waals surface area contributed by atoms with Gasteiger partial charge in [0.15, 0.2) is 9.84 Å². The fourth-order valence-corrected chi connectivity index (χ4v) is 6.17. The van der Waals surface area contributed by atoms with Crippen LogP contribution in [0.5, 0.6) is 0 Å². The molecule has 0 aliphatic carbocycles. The third-order valence-corrected chi connectivity index (χ3v) is 7.26. The molecular formula is C16H25N7O5S2. The van der Waals surface area contributed by atoms with Gasteiger partial charge < -0.3 is 14.9 Å². The molecule has 1 aromatic carbocycles. The molecule has 12 nitrogen and oxygen atoms in total. The van der Waals surface area contributed by atoms with Gasteiger partial charge in [0.2, 0.25) is 15.8 Å². The van der Waals surface area contributed by atoms with Crippen molar-refractivity contribution in [2.75, 3.05) is 44.9 Å². The summed E-state index contributed by atoms with van der Waals surface area (Å²) in [4.78, 5) is 2.75. The van der Waals surface area contributed by atoms with Crippen LogP contribution in [-0.2, 0) is 19.9 Å². The first kappa shape index (κ1) is 22.6. The molecule has 166 valence electrons. The summed E-state index contributed by atoms with van der Waals surface area (Å²) in [5, 5.41) is 29.7. The number of rotatable bonds is 6. The summed E-state index contributed by atoms with van der Waals surface area (Å²) in [6.45, 7) is 1.32. The molecule has 0 radical (unpaired) electrons. The quantitative estimate of drug-likeness (QED) is 0.476. The lowest BCUT2D eigenvalue weighted by molar-refractivity contribution is -0.00537. The molecule has 2 aromatic rings. The maximum absolute atomic E-state index is 12.4. The van der Waals surface area contributed by atoms with E-state index in [0.29, 0.717) is 38.2 Å². The van der Waals surface area contributed by atoms with Crippen LogP contribution in [0.2, 0.25) is 0 Å². The number of nitrogens with two attached hydrogens (primary N) is 1. The fraction of sp³-hybridized carbons (Fsp3) is 0.562. The van der Waals surface area contributed by atoms with Crippen molar-refractivity contribution in [2.45, 2.75) is 28.2 Å². The minimum Gasteiger partial charge on any atom is -0.388 e. The van der Waals surface area contributed by atoms with Crippen LogP contribution < -0.4 is 10.0 Å². The van der Waals surface area contributed by atoms with Crippen molar-refractivity contribution in [1.29, 1.82) is 0 Å². The summed E-state index contributed by atoms with van der Waals surface area (Å²) in [7, 11) is -4.62. The molecule has 0 saturated carbocycles. The molecule has 3 rings (SSSR count). The molecule has 0 atom stereocenters. The Hall–Kier alpha value is -2.13. The summed E-state index contributed by atoms with van der Waals surface area (Å²) in [5.74, 6) is -0.0892. The highest BCUT2D eigenvalue weighted by Gasteiger charge is 2.36. The number of nitrogens with zero attached hydrogens (tertiary/aromatic N) is 5. The van der Waals surface area contributed by atoms with Crippen molar-refractivity contribution >= 4 is 25.5 Å². The van der Waals surface area contributed by atoms with E-state index in [1.54, 1.807) is 0 Å². The normalized spacial score (nSPS) is 17.5. The van der Waals surface area contributed by atoms with E-state index in [1.807, 2.05) is 23.9 Å². The van der Waals surface area contributed by atoms with Crippen LogP contribution in [0.25, 0.3) is 11.4 Å². The van der Waals surface area contributed by atoms with E-state index in [1.165, 1.54) is 12.1 Å². The Morgan fingerprint density at radius 3 is 2.33 bits per heavy atom. The molecule has 4 N–H and O–H groups in total. The predicted molar refractivity (Wildman–Crippen MR) is 109 cm³/mol. The summed E-state index contributed by atoms with van der Waals surface area (Å²) in [5.41, 5.74) is -0.506. The van der Waals surface area contributed by atoms with Crippen molar-refractivity contribution < 1.29 is 21.9 Å². The molecular weight excluding hydrogens is 434 g/mol. The minimum atomic E-state index is -4.46. The molecule has 1 aliphatic rings. The number of piperidine rings is 1. The number of aromatic amines is 1. The summed E-state index contributed by atoms with van der Waals surface area (Å²) in [6, 6.07) is 2.72. The SMILES string of the molecule is CN(C)CC1(O)CCN(c2ccc(S(C)(=O)=O)c(S(N)(=O)=O)c2-c2nn[nH]n2)CC1. The lowest BCUT2D eigenvalue weighted by Crippen LogP contribution is -2.49. The van der Waals surface area contributed by atoms with E-state index in [4.69, 9.17) is 5.14 Å². The number of primary sulfonamides is 1. The number of hydrogen-bond acceptors (Lipinski definition) is 10. The topological polar surface area (TPSA) is 175 Å². The Bertz CT molecular complexity index is 1120. The number of tetrazole rings is 1. The van der Waals surface area contributed by atoms with Gasteiger partial charge in [0.1, 0.15) is 4.90 Å². The predicted octanol–water partition coefficient (Wildman–Crippen LogP) is -1.19. The van der Waals surface area contributed by atoms with Gasteiger partial charge in [-0.3, -0.25) is 0 Å². The summed E-state index contributed by atoms with van der Waals surface area (Å²) >= 11 is 0. The van der Waals surface area contributed by atoms with E-state index >= 15 is 0 Å². The number of sulfone groups is 1. The Balaban J connectivity index is 2.15. The van der Waals surface area contributed by atoms with Gasteiger partial charge in [-0.2, -0.15) is 5.21 Å². The number of hydrogen-bond donors (Lipinski definition) is 3. The number of benzene rings is 1. The second kappa shape index (κ2) is 7.85. The van der Waals surface area contributed by atoms with Gasteiger partial charge in [0.25, 0.3) is 0 Å². The highest BCUT2D eigenvalue weighted by atomic mass is 32.2. The zero-order chi connectivity index (χ0) is 22.3. The standard InChI is InChI=1S/C16H25N7O5S2/c1-22(2)10-16(24)6-8-23(9-7-16)11-4-5-12(29(3,25)26)14(30(17,27)28)13(11)15-18-20-21-19-15/h4-5,24H,6-10H2,1-3H3,(H2,17,27,28)(H,18,19,20,21). The van der Waals surface area contributed by atoms with Gasteiger partial charge in [-0.15, -0.1) is 10.2 Å². The van der Waals surface area contributed by atoms with Crippen LogP contribution in [-0.4, -0.2) is 93.1 Å². The first-order chi connectivity index (χ1) is 13.8. The van der Waals surface area contributed by atoms with E-state index in [2.05, 4.69) is 20.6 Å². The molecule has 2 heterocycles. The Kier molecular flexibility index (Phi) is 5.90. The number of anilines is 1. The number of aromatic nitrogens is 4. The summed E-state index contributed by atoms with van der Waals surface area (Å²) < 4.78 is 49.4. The zero-order valence-corrected chi connectivity index (χ0v) is 18.5. The zero-order valence-electron chi connectivity index (χ0n) is 16.9. The number of sulfonamides is 1. The maximum atomic E-state index is 12.4. The Labute approximate surface area is 175 Å². The molecule has 1 aliphatic heterocycles. The average molecular weight is 460 g/mol. The first-order valence-corrected chi connectivity index (χ1v) is 12.5. The molecule has 1 saturated heterocycles. The third kappa shape index (κ3) is 4.62. The monoisotopic (exact) mass is 459 g/mol. The van der Waals surface area contributed by atoms with Crippen LogP contribution >= 0.6 is 0 Å². The van der Waals surface area contributed by atoms with E-state index in [0.717, 1.165) is 6.26 Å². The molecule has 1 aromatic heterocycles. The number of nitrogens with one attached hydrogen (secondary N) is 1. The smallest absolute Gasteiger partial charge is 0.240 e. The molecule has 0 spiro atoms. The van der Waals surface area contributed by atoms with Gasteiger partial charge in [0, 0.05) is 31.6 Å². The van der Waals surface area contributed by atoms with Crippen molar-refractivity contribution in [3.63, 3.8) is 0 Å². The van der Waals surface area contributed by atoms with Crippen LogP contribution in [0, 0.1) is 0 Å². The van der Waals surface area contributed by atoms with Gasteiger partial charge in [-0.05, 0) is 44.3 Å². The van der Waals surface area contributed by atoms with E-state index < -0.39 is 35.3 Å². The summed E-state index contributed by atoms with van der Waals surface area (Å²) in [6.07, 6.45) is 1.78. The molecule has 1 fully saturated rings. The lowest BCUT2D eigenvalue weighted by Gasteiger charge is -2.41. The third-order valence-electron chi connectivity index (χ3n) is 5.00. The van der Waals surface area contributed by atoms with Crippen LogP contribution in [0.3, 0.4) is 0 Å². The van der Waals surface area contributed by atoms with Crippen molar-refractivity contribution in [3.8, 4) is 11.4 Å². The second-order valence-electron chi connectivity index (χ2n) is 7.79. The van der Waals surface area contributed by atoms with E-state index in [-0.39, 0.29) is 11.4 Å². The lowest BCUT2D eigenvalue weighted by atomic mass is 9.90. The average Bonchev–Trinajstić information content (AvgIpc) is 3.13. The maximum Gasteiger partial charge on any atom is 0.240 e. The largest absolute Gasteiger partial charge is 0.388 e. The molecule has 30 heavy (non-hydrogen) atoms. The van der Waals surface area contributed by atoms with Gasteiger partial charge in [-0.1, -0.05) is 0 Å². The van der Waals surface area contributed by atoms with Crippen LogP contribution in [0.1, 0.15) is 12.8 Å². The molecule has 0 amide bonds. The second-order valence-corrected chi connectivity index (χ2v) is 11.3. The van der Waals surface area contributed by atoms with Crippen LogP contribution in [0.15, 0.2) is 21.9 Å². The van der Waals surface area contributed by atoms with Gasteiger partial charge in [0.05, 0.1) is 16.1 Å². The molecule has 0 unspecified atom stereocenters. The van der Waals surface area contributed by atoms with Crippen molar-refractivity contribution in [2.24, 2.45) is 5.14 Å². The minimum absolute atomic E-state index is 0.0350. The van der Waals surface area contributed by atoms with Crippen LogP contribution in [0.4, 0.5) is 5.69 Å². The number of aliphatic hydroxyl groups is 1.